The minimum Gasteiger partial charge on any atom is -0.484 e. The lowest BCUT2D eigenvalue weighted by atomic mass is 10.2. The smallest absolute Gasteiger partial charge is 0.276 e. The molecule has 0 aliphatic heterocycles. The van der Waals surface area contributed by atoms with E-state index in [9.17, 15) is 14.0 Å². The summed E-state index contributed by atoms with van der Waals surface area (Å²) in [6.07, 6.45) is 0. The van der Waals surface area contributed by atoms with E-state index in [1.54, 1.807) is 30.3 Å². The molecule has 5 nitrogen and oxygen atoms in total. The summed E-state index contributed by atoms with van der Waals surface area (Å²) in [6.45, 7) is -0.350. The summed E-state index contributed by atoms with van der Waals surface area (Å²) in [4.78, 5) is 23.2. The predicted octanol–water partition coefficient (Wildman–Crippen LogP) is 2.32. The molecule has 2 aromatic carbocycles. The van der Waals surface area contributed by atoms with E-state index in [-0.39, 0.29) is 17.4 Å². The fourth-order valence-electron chi connectivity index (χ4n) is 1.54. The molecule has 22 heavy (non-hydrogen) atoms. The molecule has 0 fully saturated rings. The Kier molecular flexibility index (Phi) is 5.32. The SMILES string of the molecule is O=C(COc1ccc(F)c(Cl)c1)NNC(=O)c1ccccc1. The number of amides is 2. The fraction of sp³-hybridized carbons (Fsp3) is 0.0667. The van der Waals surface area contributed by atoms with Crippen molar-refractivity contribution in [1.82, 2.24) is 10.9 Å². The molecule has 0 aromatic heterocycles. The highest BCUT2D eigenvalue weighted by atomic mass is 35.5. The van der Waals surface area contributed by atoms with Crippen LogP contribution in [0.15, 0.2) is 48.5 Å². The number of hydrogen-bond donors (Lipinski definition) is 2. The van der Waals surface area contributed by atoms with E-state index in [4.69, 9.17) is 16.3 Å². The van der Waals surface area contributed by atoms with Crippen molar-refractivity contribution in [3.05, 3.63) is 64.9 Å². The molecule has 0 spiro atoms. The van der Waals surface area contributed by atoms with Crippen molar-refractivity contribution < 1.29 is 18.7 Å². The molecule has 0 saturated carbocycles. The van der Waals surface area contributed by atoms with Crippen molar-refractivity contribution in [2.24, 2.45) is 0 Å². The van der Waals surface area contributed by atoms with E-state index < -0.39 is 17.6 Å². The maximum atomic E-state index is 13.0. The zero-order valence-electron chi connectivity index (χ0n) is 11.3. The largest absolute Gasteiger partial charge is 0.484 e. The molecule has 0 radical (unpaired) electrons. The highest BCUT2D eigenvalue weighted by molar-refractivity contribution is 6.30. The molecular weight excluding hydrogens is 311 g/mol. The van der Waals surface area contributed by atoms with Crippen molar-refractivity contribution in [1.29, 1.82) is 0 Å². The molecule has 0 bridgehead atoms. The van der Waals surface area contributed by atoms with Gasteiger partial charge in [0.05, 0.1) is 5.02 Å². The number of hydrogen-bond acceptors (Lipinski definition) is 3. The third-order valence-corrected chi connectivity index (χ3v) is 2.90. The Morgan fingerprint density at radius 1 is 1.09 bits per heavy atom. The van der Waals surface area contributed by atoms with Crippen LogP contribution in [0, 0.1) is 5.82 Å². The molecule has 0 unspecified atom stereocenters. The Balaban J connectivity index is 1.78. The molecule has 2 aromatic rings. The number of benzene rings is 2. The van der Waals surface area contributed by atoms with Gasteiger partial charge in [0.15, 0.2) is 6.61 Å². The lowest BCUT2D eigenvalue weighted by molar-refractivity contribution is -0.123. The first-order chi connectivity index (χ1) is 10.6. The number of halogens is 2. The van der Waals surface area contributed by atoms with Gasteiger partial charge in [0.2, 0.25) is 0 Å². The normalized spacial score (nSPS) is 9.91. The first-order valence-electron chi connectivity index (χ1n) is 6.28. The van der Waals surface area contributed by atoms with Crippen LogP contribution >= 0.6 is 11.6 Å². The number of carbonyl (C=O) groups excluding carboxylic acids is 2. The van der Waals surface area contributed by atoms with Gasteiger partial charge in [-0.3, -0.25) is 20.4 Å². The van der Waals surface area contributed by atoms with Gasteiger partial charge in [-0.2, -0.15) is 0 Å². The Morgan fingerprint density at radius 2 is 1.82 bits per heavy atom. The van der Waals surface area contributed by atoms with E-state index in [0.29, 0.717) is 5.56 Å². The van der Waals surface area contributed by atoms with Crippen LogP contribution in [0.5, 0.6) is 5.75 Å². The fourth-order valence-corrected chi connectivity index (χ4v) is 1.71. The molecule has 114 valence electrons. The van der Waals surface area contributed by atoms with E-state index in [2.05, 4.69) is 10.9 Å². The second-order valence-electron chi connectivity index (χ2n) is 4.23. The second-order valence-corrected chi connectivity index (χ2v) is 4.64. The first kappa shape index (κ1) is 15.8. The minimum absolute atomic E-state index is 0.102. The van der Waals surface area contributed by atoms with Crippen LogP contribution in [-0.2, 0) is 4.79 Å². The van der Waals surface area contributed by atoms with E-state index in [1.807, 2.05) is 0 Å². The summed E-state index contributed by atoms with van der Waals surface area (Å²) < 4.78 is 18.1. The monoisotopic (exact) mass is 322 g/mol. The van der Waals surface area contributed by atoms with Crippen LogP contribution in [0.4, 0.5) is 4.39 Å². The topological polar surface area (TPSA) is 67.4 Å². The van der Waals surface area contributed by atoms with Crippen LogP contribution in [0.3, 0.4) is 0 Å². The molecular formula is C15H12ClFN2O3. The van der Waals surface area contributed by atoms with Crippen LogP contribution in [0.25, 0.3) is 0 Å². The first-order valence-corrected chi connectivity index (χ1v) is 6.66. The molecule has 0 heterocycles. The van der Waals surface area contributed by atoms with Crippen LogP contribution < -0.4 is 15.6 Å². The summed E-state index contributed by atoms with van der Waals surface area (Å²) in [5, 5.41) is -0.102. The van der Waals surface area contributed by atoms with Crippen LogP contribution in [0.1, 0.15) is 10.4 Å². The van der Waals surface area contributed by atoms with Gasteiger partial charge in [-0.15, -0.1) is 0 Å². The highest BCUT2D eigenvalue weighted by Gasteiger charge is 2.08. The third-order valence-electron chi connectivity index (χ3n) is 2.61. The minimum atomic E-state index is -0.575. The summed E-state index contributed by atoms with van der Waals surface area (Å²) in [5.74, 6) is -1.34. The summed E-state index contributed by atoms with van der Waals surface area (Å²) in [6, 6.07) is 12.1. The molecule has 2 rings (SSSR count). The molecule has 0 atom stereocenters. The molecule has 7 heteroatoms. The average Bonchev–Trinajstić information content (AvgIpc) is 2.54. The van der Waals surface area contributed by atoms with Gasteiger partial charge in [0.25, 0.3) is 11.8 Å². The van der Waals surface area contributed by atoms with Gasteiger partial charge < -0.3 is 4.74 Å². The van der Waals surface area contributed by atoms with Crippen molar-refractivity contribution >= 4 is 23.4 Å². The highest BCUT2D eigenvalue weighted by Crippen LogP contribution is 2.20. The molecule has 2 N–H and O–H groups in total. The van der Waals surface area contributed by atoms with E-state index in [0.717, 1.165) is 6.07 Å². The van der Waals surface area contributed by atoms with E-state index in [1.165, 1.54) is 12.1 Å². The molecule has 0 aliphatic carbocycles. The second kappa shape index (κ2) is 7.42. The number of carbonyl (C=O) groups is 2. The summed E-state index contributed by atoms with van der Waals surface area (Å²) in [5.41, 5.74) is 4.87. The molecule has 0 saturated heterocycles. The van der Waals surface area contributed by atoms with Crippen molar-refractivity contribution in [3.63, 3.8) is 0 Å². The Morgan fingerprint density at radius 3 is 2.50 bits per heavy atom. The van der Waals surface area contributed by atoms with Crippen molar-refractivity contribution in [2.45, 2.75) is 0 Å². The van der Waals surface area contributed by atoms with Gasteiger partial charge in [-0.25, -0.2) is 4.39 Å². The Hall–Kier alpha value is -2.60. The van der Waals surface area contributed by atoms with Gasteiger partial charge in [0.1, 0.15) is 11.6 Å². The number of ether oxygens (including phenoxy) is 1. The quantitative estimate of drug-likeness (QED) is 0.849. The number of hydrazine groups is 1. The Labute approximate surface area is 131 Å². The maximum absolute atomic E-state index is 13.0. The van der Waals surface area contributed by atoms with Crippen LogP contribution in [0.2, 0.25) is 5.02 Å². The standard InChI is InChI=1S/C15H12ClFN2O3/c16-12-8-11(6-7-13(12)17)22-9-14(20)18-19-15(21)10-4-2-1-3-5-10/h1-8H,9H2,(H,18,20)(H,19,21). The van der Waals surface area contributed by atoms with Gasteiger partial charge >= 0.3 is 0 Å². The maximum Gasteiger partial charge on any atom is 0.276 e. The van der Waals surface area contributed by atoms with E-state index >= 15 is 0 Å². The lowest BCUT2D eigenvalue weighted by Crippen LogP contribution is -2.43. The van der Waals surface area contributed by atoms with Gasteiger partial charge in [-0.05, 0) is 24.3 Å². The van der Waals surface area contributed by atoms with Crippen molar-refractivity contribution in [3.8, 4) is 5.75 Å². The third kappa shape index (κ3) is 4.46. The van der Waals surface area contributed by atoms with Crippen LogP contribution in [-0.4, -0.2) is 18.4 Å². The number of nitrogens with one attached hydrogen (secondary N) is 2. The molecule has 2 amide bonds. The van der Waals surface area contributed by atoms with Gasteiger partial charge in [0, 0.05) is 11.6 Å². The average molecular weight is 323 g/mol. The number of rotatable bonds is 4. The summed E-state index contributed by atoms with van der Waals surface area (Å²) in [7, 11) is 0. The lowest BCUT2D eigenvalue weighted by Gasteiger charge is -2.09. The summed E-state index contributed by atoms with van der Waals surface area (Å²) >= 11 is 5.59. The Bertz CT molecular complexity index is 680. The van der Waals surface area contributed by atoms with Crippen molar-refractivity contribution in [2.75, 3.05) is 6.61 Å². The van der Waals surface area contributed by atoms with Gasteiger partial charge in [-0.1, -0.05) is 29.8 Å². The molecule has 0 aliphatic rings. The zero-order valence-corrected chi connectivity index (χ0v) is 12.1. The zero-order chi connectivity index (χ0) is 15.9. The predicted molar refractivity (Wildman–Crippen MR) is 79.0 cm³/mol.